The summed E-state index contributed by atoms with van der Waals surface area (Å²) in [6, 6.07) is 2.75. The molecule has 0 atom stereocenters. The van der Waals surface area contributed by atoms with Crippen LogP contribution in [0.2, 0.25) is 0 Å². The Kier molecular flexibility index (Phi) is 5.73. The molecule has 27 heavy (non-hydrogen) atoms. The van der Waals surface area contributed by atoms with Gasteiger partial charge in [-0.25, -0.2) is 14.5 Å². The molecule has 9 nitrogen and oxygen atoms in total. The van der Waals surface area contributed by atoms with E-state index in [1.165, 1.54) is 31.1 Å². The van der Waals surface area contributed by atoms with Crippen LogP contribution >= 0.6 is 0 Å². The van der Waals surface area contributed by atoms with E-state index >= 15 is 0 Å². The van der Waals surface area contributed by atoms with Crippen molar-refractivity contribution in [3.8, 4) is 11.6 Å². The molecule has 2 aromatic heterocycles. The van der Waals surface area contributed by atoms with Gasteiger partial charge in [0.1, 0.15) is 11.6 Å². The van der Waals surface area contributed by atoms with E-state index in [-0.39, 0.29) is 17.4 Å². The van der Waals surface area contributed by atoms with Gasteiger partial charge < -0.3 is 9.47 Å². The number of nitrogens with zero attached hydrogens (tertiary/aromatic N) is 2. The number of aromatic nitrogens is 2. The molecule has 2 heterocycles. The Balaban J connectivity index is 2.26. The van der Waals surface area contributed by atoms with Gasteiger partial charge in [0.15, 0.2) is 5.03 Å². The third-order valence-electron chi connectivity index (χ3n) is 3.02. The van der Waals surface area contributed by atoms with Crippen LogP contribution in [0.5, 0.6) is 11.6 Å². The Morgan fingerprint density at radius 2 is 1.89 bits per heavy atom. The second kappa shape index (κ2) is 7.65. The molecule has 2 aromatic rings. The minimum Gasteiger partial charge on any atom is -0.496 e. The van der Waals surface area contributed by atoms with E-state index < -0.39 is 32.8 Å². The fourth-order valence-corrected chi connectivity index (χ4v) is 2.97. The number of rotatable bonds is 5. The summed E-state index contributed by atoms with van der Waals surface area (Å²) in [5.41, 5.74) is -1.51. The Hall–Kier alpha value is -3.09. The van der Waals surface area contributed by atoms with E-state index in [1.54, 1.807) is 0 Å². The van der Waals surface area contributed by atoms with E-state index in [9.17, 15) is 26.4 Å². The fourth-order valence-electron chi connectivity index (χ4n) is 1.90. The topological polar surface area (TPSA) is 120 Å². The maximum atomic E-state index is 13.0. The molecule has 0 spiro atoms. The van der Waals surface area contributed by atoms with Crippen molar-refractivity contribution >= 4 is 21.9 Å². The summed E-state index contributed by atoms with van der Waals surface area (Å²) < 4.78 is 74.5. The Morgan fingerprint density at radius 1 is 1.19 bits per heavy atom. The first kappa shape index (κ1) is 20.2. The molecule has 0 radical (unpaired) electrons. The zero-order valence-corrected chi connectivity index (χ0v) is 14.7. The van der Waals surface area contributed by atoms with Gasteiger partial charge in [0.2, 0.25) is 5.88 Å². The molecule has 0 aliphatic carbocycles. The van der Waals surface area contributed by atoms with Crippen LogP contribution in [0, 0.1) is 0 Å². The molecule has 2 amide bonds. The number of methoxy groups -OCH3 is 2. The normalized spacial score (nSPS) is 11.6. The van der Waals surface area contributed by atoms with Gasteiger partial charge in [-0.15, -0.1) is 0 Å². The number of pyridine rings is 2. The van der Waals surface area contributed by atoms with Crippen LogP contribution in [-0.4, -0.2) is 38.6 Å². The predicted octanol–water partition coefficient (Wildman–Crippen LogP) is 2.02. The number of nitrogens with one attached hydrogen (secondary N) is 2. The summed E-state index contributed by atoms with van der Waals surface area (Å²) in [4.78, 5) is 19.0. The molecule has 13 heteroatoms. The molecule has 0 aliphatic rings. The highest BCUT2D eigenvalue weighted by atomic mass is 32.2. The Bertz CT molecular complexity index is 928. The summed E-state index contributed by atoms with van der Waals surface area (Å²) in [7, 11) is -2.27. The van der Waals surface area contributed by atoms with Crippen molar-refractivity contribution in [2.45, 2.75) is 11.2 Å². The van der Waals surface area contributed by atoms with Crippen molar-refractivity contribution in [2.75, 3.05) is 19.5 Å². The maximum Gasteiger partial charge on any atom is 0.419 e. The molecule has 2 rings (SSSR count). The number of sulfonamides is 1. The number of carbonyl (C=O) groups excluding carboxylic acids is 1. The minimum absolute atomic E-state index is 0.0524. The van der Waals surface area contributed by atoms with Crippen molar-refractivity contribution in [3.05, 3.63) is 36.0 Å². The third kappa shape index (κ3) is 4.97. The molecule has 0 unspecified atom stereocenters. The summed E-state index contributed by atoms with van der Waals surface area (Å²) in [5, 5.41) is 0.736. The number of hydrogen-bond donors (Lipinski definition) is 2. The maximum absolute atomic E-state index is 13.0. The standard InChI is InChI=1S/C14H13F3N4O5S/c1-25-8-6-10(19-11(7-8)26-2)20-13(22)21-27(23,24)12-9(14(15,16)17)4-3-5-18-12/h3-7H,1-2H3,(H2,19,20,21,22). The molecular weight excluding hydrogens is 393 g/mol. The molecule has 0 saturated carbocycles. The number of carbonyl (C=O) groups is 1. The van der Waals surface area contributed by atoms with Crippen LogP contribution in [0.4, 0.5) is 23.8 Å². The quantitative estimate of drug-likeness (QED) is 0.780. The number of hydrogen-bond acceptors (Lipinski definition) is 7. The van der Waals surface area contributed by atoms with Gasteiger partial charge in [-0.05, 0) is 12.1 Å². The summed E-state index contributed by atoms with van der Waals surface area (Å²) >= 11 is 0. The lowest BCUT2D eigenvalue weighted by molar-refractivity contribution is -0.140. The highest BCUT2D eigenvalue weighted by Crippen LogP contribution is 2.32. The number of urea groups is 1. The number of anilines is 1. The fraction of sp³-hybridized carbons (Fsp3) is 0.214. The first-order chi connectivity index (χ1) is 12.6. The third-order valence-corrected chi connectivity index (χ3v) is 4.31. The van der Waals surface area contributed by atoms with Crippen molar-refractivity contribution < 1.29 is 35.9 Å². The van der Waals surface area contributed by atoms with Gasteiger partial charge in [-0.2, -0.15) is 26.6 Å². The highest BCUT2D eigenvalue weighted by molar-refractivity contribution is 7.90. The van der Waals surface area contributed by atoms with Gasteiger partial charge in [0.25, 0.3) is 10.0 Å². The second-order valence-electron chi connectivity index (χ2n) is 4.85. The lowest BCUT2D eigenvalue weighted by atomic mass is 10.3. The largest absolute Gasteiger partial charge is 0.496 e. The number of halogens is 3. The molecule has 0 saturated heterocycles. The van der Waals surface area contributed by atoms with E-state index in [1.807, 2.05) is 0 Å². The zero-order chi connectivity index (χ0) is 20.2. The van der Waals surface area contributed by atoms with E-state index in [2.05, 4.69) is 15.3 Å². The van der Waals surface area contributed by atoms with E-state index in [0.717, 1.165) is 12.3 Å². The predicted molar refractivity (Wildman–Crippen MR) is 85.9 cm³/mol. The van der Waals surface area contributed by atoms with E-state index in [0.29, 0.717) is 6.07 Å². The average molecular weight is 406 g/mol. The van der Waals surface area contributed by atoms with Crippen molar-refractivity contribution in [2.24, 2.45) is 0 Å². The molecule has 2 N–H and O–H groups in total. The molecule has 0 fully saturated rings. The van der Waals surface area contributed by atoms with Gasteiger partial charge in [-0.3, -0.25) is 5.32 Å². The number of alkyl halides is 3. The first-order valence-electron chi connectivity index (χ1n) is 7.03. The van der Waals surface area contributed by atoms with Crippen LogP contribution in [0.3, 0.4) is 0 Å². The average Bonchev–Trinajstić information content (AvgIpc) is 2.60. The Morgan fingerprint density at radius 3 is 2.48 bits per heavy atom. The molecule has 146 valence electrons. The molecule has 0 aromatic carbocycles. The summed E-state index contributed by atoms with van der Waals surface area (Å²) in [6.45, 7) is 0. The van der Waals surface area contributed by atoms with Crippen molar-refractivity contribution in [1.82, 2.24) is 14.7 Å². The smallest absolute Gasteiger partial charge is 0.419 e. The summed E-state index contributed by atoms with van der Waals surface area (Å²) in [6.07, 6.45) is -4.12. The van der Waals surface area contributed by atoms with Gasteiger partial charge >= 0.3 is 12.2 Å². The summed E-state index contributed by atoms with van der Waals surface area (Å²) in [5.74, 6) is 0.136. The SMILES string of the molecule is COc1cc(NC(=O)NS(=O)(=O)c2ncccc2C(F)(F)F)nc(OC)c1. The second-order valence-corrected chi connectivity index (χ2v) is 6.45. The van der Waals surface area contributed by atoms with Crippen LogP contribution < -0.4 is 19.5 Å². The van der Waals surface area contributed by atoms with Crippen LogP contribution in [-0.2, 0) is 16.2 Å². The number of amides is 2. The van der Waals surface area contributed by atoms with Crippen LogP contribution in [0.25, 0.3) is 0 Å². The monoisotopic (exact) mass is 406 g/mol. The minimum atomic E-state index is -4.98. The Labute approximate surface area is 151 Å². The zero-order valence-electron chi connectivity index (χ0n) is 13.9. The molecular formula is C14H13F3N4O5S. The number of ether oxygens (including phenoxy) is 2. The van der Waals surface area contributed by atoms with Crippen molar-refractivity contribution in [3.63, 3.8) is 0 Å². The first-order valence-corrected chi connectivity index (χ1v) is 8.51. The van der Waals surface area contributed by atoms with Gasteiger partial charge in [-0.1, -0.05) is 0 Å². The van der Waals surface area contributed by atoms with E-state index in [4.69, 9.17) is 9.47 Å². The van der Waals surface area contributed by atoms with Crippen LogP contribution in [0.1, 0.15) is 5.56 Å². The molecule has 0 bridgehead atoms. The molecule has 0 aliphatic heterocycles. The lowest BCUT2D eigenvalue weighted by Gasteiger charge is -2.13. The van der Waals surface area contributed by atoms with Crippen LogP contribution in [0.15, 0.2) is 35.5 Å². The van der Waals surface area contributed by atoms with Gasteiger partial charge in [0.05, 0.1) is 19.8 Å². The van der Waals surface area contributed by atoms with Gasteiger partial charge in [0, 0.05) is 18.3 Å². The highest BCUT2D eigenvalue weighted by Gasteiger charge is 2.38. The van der Waals surface area contributed by atoms with Crippen molar-refractivity contribution in [1.29, 1.82) is 0 Å². The lowest BCUT2D eigenvalue weighted by Crippen LogP contribution is -2.36.